The van der Waals surface area contributed by atoms with E-state index < -0.39 is 0 Å². The Labute approximate surface area is 127 Å². The van der Waals surface area contributed by atoms with Crippen LogP contribution in [0.3, 0.4) is 0 Å². The van der Waals surface area contributed by atoms with Gasteiger partial charge in [-0.3, -0.25) is 0 Å². The van der Waals surface area contributed by atoms with Gasteiger partial charge in [-0.1, -0.05) is 19.9 Å². The van der Waals surface area contributed by atoms with Crippen LogP contribution in [0.15, 0.2) is 23.3 Å². The van der Waals surface area contributed by atoms with Crippen LogP contribution in [-0.2, 0) is 6.54 Å². The number of likely N-dealkylation sites (tertiary alicyclic amines) is 1. The fourth-order valence-electron chi connectivity index (χ4n) is 2.31. The molecule has 2 heterocycles. The Bertz CT molecular complexity index is 450. The number of nitrogens with zero attached hydrogens (tertiary/aromatic N) is 3. The molecular weight excluding hydrogens is 264 g/mol. The molecular formula is C16H26N4O. The summed E-state index contributed by atoms with van der Waals surface area (Å²) in [5.41, 5.74) is 7.12. The van der Waals surface area contributed by atoms with Gasteiger partial charge in [0, 0.05) is 25.4 Å². The lowest BCUT2D eigenvalue weighted by Gasteiger charge is -2.31. The van der Waals surface area contributed by atoms with Crippen molar-refractivity contribution in [1.82, 2.24) is 9.88 Å². The topological polar surface area (TPSA) is 63.7 Å². The Morgan fingerprint density at radius 3 is 2.81 bits per heavy atom. The molecule has 1 aliphatic rings. The third-order valence-corrected chi connectivity index (χ3v) is 3.78. The number of hydrogen-bond acceptors (Lipinski definition) is 3. The third kappa shape index (κ3) is 4.92. The number of piperidine rings is 1. The number of aliphatic imine (C=N–C) groups is 1. The van der Waals surface area contributed by atoms with E-state index in [-0.39, 0.29) is 0 Å². The molecule has 0 amide bonds. The van der Waals surface area contributed by atoms with E-state index in [9.17, 15) is 0 Å². The lowest BCUT2D eigenvalue weighted by molar-refractivity contribution is 0.277. The first kappa shape index (κ1) is 15.6. The minimum absolute atomic E-state index is 0.568. The molecule has 0 saturated carbocycles. The molecule has 0 aromatic carbocycles. The molecule has 5 heteroatoms. The quantitative estimate of drug-likeness (QED) is 0.668. The van der Waals surface area contributed by atoms with E-state index in [1.54, 1.807) is 6.20 Å². The van der Waals surface area contributed by atoms with Crippen molar-refractivity contribution in [3.63, 3.8) is 0 Å². The SMILES string of the molecule is CCCOc1ccc(CN=C(N)N2CCC(C)CC2)cn1. The van der Waals surface area contributed by atoms with Gasteiger partial charge in [-0.2, -0.15) is 0 Å². The monoisotopic (exact) mass is 290 g/mol. The second kappa shape index (κ2) is 7.86. The van der Waals surface area contributed by atoms with Crippen molar-refractivity contribution in [2.45, 2.75) is 39.7 Å². The maximum absolute atomic E-state index is 6.07. The zero-order chi connectivity index (χ0) is 15.1. The summed E-state index contributed by atoms with van der Waals surface area (Å²) in [6, 6.07) is 3.88. The third-order valence-electron chi connectivity index (χ3n) is 3.78. The van der Waals surface area contributed by atoms with E-state index in [0.717, 1.165) is 31.0 Å². The van der Waals surface area contributed by atoms with Gasteiger partial charge in [0.25, 0.3) is 0 Å². The molecule has 0 aliphatic carbocycles. The summed E-state index contributed by atoms with van der Waals surface area (Å²) in [6.45, 7) is 7.66. The molecule has 5 nitrogen and oxygen atoms in total. The molecule has 116 valence electrons. The molecule has 0 atom stereocenters. The fourth-order valence-corrected chi connectivity index (χ4v) is 2.31. The average molecular weight is 290 g/mol. The highest BCUT2D eigenvalue weighted by Gasteiger charge is 2.16. The first-order valence-electron chi connectivity index (χ1n) is 7.81. The number of rotatable bonds is 5. The molecule has 2 rings (SSSR count). The van der Waals surface area contributed by atoms with Gasteiger partial charge in [0.2, 0.25) is 5.88 Å². The number of aromatic nitrogens is 1. The van der Waals surface area contributed by atoms with Gasteiger partial charge in [-0.25, -0.2) is 9.98 Å². The summed E-state index contributed by atoms with van der Waals surface area (Å²) in [4.78, 5) is 10.9. The maximum atomic E-state index is 6.07. The standard InChI is InChI=1S/C16H26N4O/c1-3-10-21-15-5-4-14(11-18-15)12-19-16(17)20-8-6-13(2)7-9-20/h4-5,11,13H,3,6-10,12H2,1-2H3,(H2,17,19). The largest absolute Gasteiger partial charge is 0.478 e. The molecule has 0 radical (unpaired) electrons. The van der Waals surface area contributed by atoms with Crippen LogP contribution in [0, 0.1) is 5.92 Å². The molecule has 1 aliphatic heterocycles. The van der Waals surface area contributed by atoms with Crippen molar-refractivity contribution >= 4 is 5.96 Å². The lowest BCUT2D eigenvalue weighted by atomic mass is 10.00. The molecule has 0 unspecified atom stereocenters. The maximum Gasteiger partial charge on any atom is 0.213 e. The van der Waals surface area contributed by atoms with Gasteiger partial charge < -0.3 is 15.4 Å². The van der Waals surface area contributed by atoms with Gasteiger partial charge >= 0.3 is 0 Å². The number of pyridine rings is 1. The van der Waals surface area contributed by atoms with E-state index in [2.05, 4.69) is 28.7 Å². The van der Waals surface area contributed by atoms with Crippen LogP contribution in [0.5, 0.6) is 5.88 Å². The van der Waals surface area contributed by atoms with Crippen molar-refractivity contribution in [2.75, 3.05) is 19.7 Å². The van der Waals surface area contributed by atoms with Crippen molar-refractivity contribution in [2.24, 2.45) is 16.6 Å². The van der Waals surface area contributed by atoms with E-state index in [1.165, 1.54) is 12.8 Å². The predicted molar refractivity (Wildman–Crippen MR) is 85.3 cm³/mol. The molecule has 21 heavy (non-hydrogen) atoms. The molecule has 0 spiro atoms. The van der Waals surface area contributed by atoms with Crippen molar-refractivity contribution in [3.05, 3.63) is 23.9 Å². The molecule has 1 aromatic rings. The normalized spacial score (nSPS) is 17.0. The Balaban J connectivity index is 1.84. The van der Waals surface area contributed by atoms with E-state index in [0.29, 0.717) is 25.0 Å². The number of nitrogens with two attached hydrogens (primary N) is 1. The first-order chi connectivity index (χ1) is 10.2. The van der Waals surface area contributed by atoms with E-state index >= 15 is 0 Å². The van der Waals surface area contributed by atoms with Gasteiger partial charge in [0.05, 0.1) is 13.2 Å². The second-order valence-electron chi connectivity index (χ2n) is 5.70. The summed E-state index contributed by atoms with van der Waals surface area (Å²) in [5.74, 6) is 2.12. The van der Waals surface area contributed by atoms with Crippen LogP contribution in [0.1, 0.15) is 38.7 Å². The molecule has 1 saturated heterocycles. The number of guanidine groups is 1. The van der Waals surface area contributed by atoms with Gasteiger partial charge in [-0.15, -0.1) is 0 Å². The van der Waals surface area contributed by atoms with Crippen LogP contribution in [0.4, 0.5) is 0 Å². The summed E-state index contributed by atoms with van der Waals surface area (Å²) in [5, 5.41) is 0. The minimum atomic E-state index is 0.568. The Kier molecular flexibility index (Phi) is 5.84. The van der Waals surface area contributed by atoms with Crippen LogP contribution in [0.2, 0.25) is 0 Å². The second-order valence-corrected chi connectivity index (χ2v) is 5.70. The average Bonchev–Trinajstić information content (AvgIpc) is 2.52. The zero-order valence-corrected chi connectivity index (χ0v) is 13.1. The lowest BCUT2D eigenvalue weighted by Crippen LogP contribution is -2.42. The van der Waals surface area contributed by atoms with Crippen molar-refractivity contribution < 1.29 is 4.74 Å². The van der Waals surface area contributed by atoms with Gasteiger partial charge in [-0.05, 0) is 30.7 Å². The van der Waals surface area contributed by atoms with Crippen LogP contribution >= 0.6 is 0 Å². The molecule has 1 fully saturated rings. The van der Waals surface area contributed by atoms with Crippen molar-refractivity contribution in [1.29, 1.82) is 0 Å². The van der Waals surface area contributed by atoms with Crippen LogP contribution in [-0.4, -0.2) is 35.5 Å². The molecule has 2 N–H and O–H groups in total. The minimum Gasteiger partial charge on any atom is -0.478 e. The number of ether oxygens (including phenoxy) is 1. The highest BCUT2D eigenvalue weighted by atomic mass is 16.5. The predicted octanol–water partition coefficient (Wildman–Crippen LogP) is 2.42. The van der Waals surface area contributed by atoms with Crippen molar-refractivity contribution in [3.8, 4) is 5.88 Å². The number of hydrogen-bond donors (Lipinski definition) is 1. The fraction of sp³-hybridized carbons (Fsp3) is 0.625. The molecule has 1 aromatic heterocycles. The first-order valence-corrected chi connectivity index (χ1v) is 7.81. The Morgan fingerprint density at radius 2 is 2.19 bits per heavy atom. The zero-order valence-electron chi connectivity index (χ0n) is 13.1. The highest BCUT2D eigenvalue weighted by molar-refractivity contribution is 5.78. The van der Waals surface area contributed by atoms with Crippen LogP contribution < -0.4 is 10.5 Å². The van der Waals surface area contributed by atoms with Gasteiger partial charge in [0.1, 0.15) is 0 Å². The summed E-state index contributed by atoms with van der Waals surface area (Å²) < 4.78 is 5.46. The van der Waals surface area contributed by atoms with E-state index in [4.69, 9.17) is 10.5 Å². The van der Waals surface area contributed by atoms with E-state index in [1.807, 2.05) is 12.1 Å². The van der Waals surface area contributed by atoms with Gasteiger partial charge in [0.15, 0.2) is 5.96 Å². The summed E-state index contributed by atoms with van der Waals surface area (Å²) in [6.07, 6.45) is 5.18. The van der Waals surface area contributed by atoms with Crippen LogP contribution in [0.25, 0.3) is 0 Å². The Morgan fingerprint density at radius 1 is 1.43 bits per heavy atom. The summed E-state index contributed by atoms with van der Waals surface area (Å²) >= 11 is 0. The highest BCUT2D eigenvalue weighted by Crippen LogP contribution is 2.15. The Hall–Kier alpha value is -1.78. The molecule has 0 bridgehead atoms. The summed E-state index contributed by atoms with van der Waals surface area (Å²) in [7, 11) is 0. The smallest absolute Gasteiger partial charge is 0.213 e.